The van der Waals surface area contributed by atoms with Crippen LogP contribution in [-0.4, -0.2) is 12.3 Å². The van der Waals surface area contributed by atoms with E-state index in [4.69, 9.17) is 0 Å². The number of hydrogen-bond donors (Lipinski definition) is 0. The summed E-state index contributed by atoms with van der Waals surface area (Å²) in [6.45, 7) is 16.2. The minimum atomic E-state index is -0.649. The van der Waals surface area contributed by atoms with Crippen LogP contribution in [0.1, 0.15) is 121 Å². The molecule has 0 bridgehead atoms. The molecule has 4 heteroatoms. The van der Waals surface area contributed by atoms with Crippen molar-refractivity contribution in [1.29, 1.82) is 0 Å². The molecule has 4 heterocycles. The molecule has 1 saturated carbocycles. The van der Waals surface area contributed by atoms with Crippen molar-refractivity contribution in [3.05, 3.63) is 269 Å². The zero-order chi connectivity index (χ0) is 55.8. The molecule has 0 radical (unpaired) electrons. The Morgan fingerprint density at radius 2 is 1.02 bits per heavy atom. The van der Waals surface area contributed by atoms with E-state index in [2.05, 4.69) is 275 Å². The predicted octanol–water partition coefficient (Wildman–Crippen LogP) is 17.5. The highest BCUT2D eigenvalue weighted by atomic mass is 15.3. The van der Waals surface area contributed by atoms with Crippen LogP contribution in [0.5, 0.6) is 0 Å². The van der Waals surface area contributed by atoms with Gasteiger partial charge in [-0.1, -0.05) is 236 Å². The van der Waals surface area contributed by atoms with Crippen molar-refractivity contribution < 1.29 is 2.74 Å². The average Bonchev–Trinajstić information content (AvgIpc) is 1.18. The normalized spacial score (nSPS) is 19.7. The first-order valence-electron chi connectivity index (χ1n) is 30.2. The van der Waals surface area contributed by atoms with Crippen LogP contribution >= 0.6 is 0 Å². The second-order valence-electron chi connectivity index (χ2n) is 25.7. The topological polar surface area (TPSA) is 9.72 Å². The fraction of sp³-hybridized carbons (Fsp3) is 0.211. The molecule has 0 N–H and O–H groups in total. The molecule has 16 rings (SSSR count). The Balaban J connectivity index is 1.09. The van der Waals surface area contributed by atoms with Gasteiger partial charge in [0.15, 0.2) is 0 Å². The lowest BCUT2D eigenvalue weighted by atomic mass is 9.33. The van der Waals surface area contributed by atoms with E-state index in [0.29, 0.717) is 17.8 Å². The van der Waals surface area contributed by atoms with Gasteiger partial charge in [-0.05, 0) is 145 Å². The summed E-state index contributed by atoms with van der Waals surface area (Å²) in [5.74, 6) is 0. The number of anilines is 8. The zero-order valence-corrected chi connectivity index (χ0v) is 47.0. The highest BCUT2D eigenvalue weighted by Gasteiger charge is 2.59. The molecule has 0 saturated heterocycles. The molecule has 1 fully saturated rings. The molecule has 10 aromatic carbocycles. The molecule has 2 atom stereocenters. The molecular formula is C76H66BN3. The van der Waals surface area contributed by atoms with Crippen LogP contribution < -0.4 is 31.1 Å². The smallest absolute Gasteiger partial charge is 0.252 e. The van der Waals surface area contributed by atoms with Gasteiger partial charge in [-0.15, -0.1) is 0 Å². The second kappa shape index (κ2) is 16.6. The number of rotatable bonds is 5. The molecular weight excluding hydrogens is 966 g/mol. The minimum Gasteiger partial charge on any atom is -0.334 e. The molecule has 2 aliphatic carbocycles. The van der Waals surface area contributed by atoms with Crippen molar-refractivity contribution in [2.75, 3.05) is 14.7 Å². The van der Waals surface area contributed by atoms with Crippen LogP contribution in [-0.2, 0) is 21.7 Å². The van der Waals surface area contributed by atoms with Gasteiger partial charge >= 0.3 is 0 Å². The lowest BCUT2D eigenvalue weighted by molar-refractivity contribution is 0.195. The van der Waals surface area contributed by atoms with Gasteiger partial charge < -0.3 is 14.7 Å². The Kier molecular flexibility index (Phi) is 9.45. The van der Waals surface area contributed by atoms with Crippen LogP contribution in [0.15, 0.2) is 224 Å². The van der Waals surface area contributed by atoms with Crippen LogP contribution in [0, 0.1) is 0 Å². The van der Waals surface area contributed by atoms with E-state index in [1.165, 1.54) is 66.6 Å². The van der Waals surface area contributed by atoms with Gasteiger partial charge in [-0.25, -0.2) is 0 Å². The molecule has 6 aliphatic rings. The molecule has 3 nitrogen and oxygen atoms in total. The number of benzene rings is 10. The van der Waals surface area contributed by atoms with Gasteiger partial charge in [0, 0.05) is 50.5 Å². The lowest BCUT2D eigenvalue weighted by Crippen LogP contribution is -2.62. The molecule has 0 amide bonds. The van der Waals surface area contributed by atoms with Gasteiger partial charge in [0.1, 0.15) is 0 Å². The number of nitrogens with zero attached hydrogens (tertiary/aromatic N) is 3. The molecule has 0 aromatic heterocycles. The van der Waals surface area contributed by atoms with Crippen LogP contribution in [0.2, 0.25) is 0 Å². The Morgan fingerprint density at radius 1 is 0.438 bits per heavy atom. The summed E-state index contributed by atoms with van der Waals surface area (Å²) < 4.78 is 23.0. The Hall–Kier alpha value is -8.34. The Bertz CT molecular complexity index is 4300. The maximum absolute atomic E-state index is 11.5. The highest BCUT2D eigenvalue weighted by molar-refractivity contribution is 7.00. The average molecular weight is 1030 g/mol. The van der Waals surface area contributed by atoms with Crippen molar-refractivity contribution in [3.63, 3.8) is 0 Å². The maximum atomic E-state index is 11.5. The summed E-state index contributed by atoms with van der Waals surface area (Å²) >= 11 is 0. The largest absolute Gasteiger partial charge is 0.334 e. The van der Waals surface area contributed by atoms with E-state index < -0.39 is 11.0 Å². The Morgan fingerprint density at radius 3 is 1.74 bits per heavy atom. The third-order valence-corrected chi connectivity index (χ3v) is 20.5. The van der Waals surface area contributed by atoms with Crippen LogP contribution in [0.3, 0.4) is 0 Å². The van der Waals surface area contributed by atoms with E-state index in [1.807, 2.05) is 0 Å². The summed E-state index contributed by atoms with van der Waals surface area (Å²) in [7, 11) is 0. The zero-order valence-electron chi connectivity index (χ0n) is 49.0. The van der Waals surface area contributed by atoms with Crippen molar-refractivity contribution in [1.82, 2.24) is 0 Å². The van der Waals surface area contributed by atoms with Gasteiger partial charge in [0.25, 0.3) is 6.71 Å². The Labute approximate surface area is 476 Å². The summed E-state index contributed by atoms with van der Waals surface area (Å²) in [6.07, 6.45) is 4.21. The lowest BCUT2D eigenvalue weighted by Gasteiger charge is -2.52. The first-order chi connectivity index (χ1) is 39.7. The highest BCUT2D eigenvalue weighted by Crippen LogP contribution is 2.66. The SMILES string of the molecule is [2H]c1c2c3c(c([2H])c1N1c4ccccc4C4(C)CCCCC14C)N1c4ccccc4C4(c5ccccc5-c5ccccc54)c4cccc(c41)B3c1ccc(C(C)(C)c3ccccc3)cc1N2c1ccc(C(C)(C)C)cc1-c1ccccc1. The van der Waals surface area contributed by atoms with Gasteiger partial charge in [0.05, 0.1) is 25.1 Å². The van der Waals surface area contributed by atoms with Crippen LogP contribution in [0.25, 0.3) is 22.3 Å². The van der Waals surface area contributed by atoms with E-state index in [-0.39, 0.29) is 23.0 Å². The molecule has 388 valence electrons. The first-order valence-corrected chi connectivity index (χ1v) is 29.2. The van der Waals surface area contributed by atoms with Gasteiger partial charge in [-0.2, -0.15) is 0 Å². The standard InChI is InChI=1S/C76H66BN3/c1-72(2,3)51-40-42-64(56(45-51)49-25-10-8-11-26-49)78-67-46-52(73(4,5)50-27-12-9-13-28-50)39-41-62(67)77-63-36-24-35-61-71(63)79(65-37-20-19-34-60(65)76(61)57-31-16-14-29-54(57)55-30-15-17-32-58(55)76)69-48-53(47-68(78)70(69)77)80-66-38-21-18-33-59(66)74(6)43-22-23-44-75(74,80)7/h8-21,24-42,45-48H,22-23,43-44H2,1-7H3/i47D,48D. The van der Waals surface area contributed by atoms with Crippen molar-refractivity contribution >= 4 is 68.6 Å². The van der Waals surface area contributed by atoms with Crippen molar-refractivity contribution in [3.8, 4) is 22.3 Å². The molecule has 2 unspecified atom stereocenters. The van der Waals surface area contributed by atoms with Gasteiger partial charge in [-0.3, -0.25) is 0 Å². The van der Waals surface area contributed by atoms with Crippen molar-refractivity contribution in [2.45, 2.75) is 101 Å². The monoisotopic (exact) mass is 1030 g/mol. The predicted molar refractivity (Wildman–Crippen MR) is 337 cm³/mol. The summed E-state index contributed by atoms with van der Waals surface area (Å²) in [4.78, 5) is 7.52. The first kappa shape index (κ1) is 45.5. The number of fused-ring (bicyclic) bond motifs is 16. The molecule has 1 spiro atoms. The quantitative estimate of drug-likeness (QED) is 0.159. The second-order valence-corrected chi connectivity index (χ2v) is 25.7. The summed E-state index contributed by atoms with van der Waals surface area (Å²) in [6, 6.07) is 80.2. The fourth-order valence-corrected chi connectivity index (χ4v) is 16.2. The third-order valence-electron chi connectivity index (χ3n) is 20.5. The molecule has 4 aliphatic heterocycles. The number of para-hydroxylation sites is 3. The number of hydrogen-bond acceptors (Lipinski definition) is 3. The van der Waals surface area contributed by atoms with Crippen molar-refractivity contribution in [2.24, 2.45) is 0 Å². The van der Waals surface area contributed by atoms with Crippen LogP contribution in [0.4, 0.5) is 45.5 Å². The third kappa shape index (κ3) is 6.12. The fourth-order valence-electron chi connectivity index (χ4n) is 16.2. The minimum absolute atomic E-state index is 0.133. The molecule has 80 heavy (non-hydrogen) atoms. The summed E-state index contributed by atoms with van der Waals surface area (Å²) in [5.41, 5.74) is 24.0. The van der Waals surface area contributed by atoms with E-state index >= 15 is 0 Å². The van der Waals surface area contributed by atoms with Gasteiger partial charge in [0.2, 0.25) is 0 Å². The summed E-state index contributed by atoms with van der Waals surface area (Å²) in [5, 5.41) is 0. The maximum Gasteiger partial charge on any atom is 0.252 e. The van der Waals surface area contributed by atoms with E-state index in [1.54, 1.807) is 0 Å². The van der Waals surface area contributed by atoms with E-state index in [0.717, 1.165) is 82.1 Å². The van der Waals surface area contributed by atoms with E-state index in [9.17, 15) is 2.74 Å². The molecule has 10 aromatic rings.